The zero-order valence-electron chi connectivity index (χ0n) is 13.5. The van der Waals surface area contributed by atoms with Crippen LogP contribution in [0.25, 0.3) is 16.9 Å². The number of pyridine rings is 2. The van der Waals surface area contributed by atoms with E-state index in [0.717, 1.165) is 34.6 Å². The molecular formula is C19H15N5O. The molecule has 0 aliphatic heterocycles. The lowest BCUT2D eigenvalue weighted by Crippen LogP contribution is -1.96. The van der Waals surface area contributed by atoms with Gasteiger partial charge in [-0.1, -0.05) is 30.3 Å². The standard InChI is InChI=1S/C19H15N5O/c1-13-11-16(9-10-20-13)21-19-22-18-4-2-3-17(24(18)23-19)15-7-5-14(12-25)6-8-15/h2-12H,1H3,(H,20,21,23). The highest BCUT2D eigenvalue weighted by atomic mass is 16.1. The van der Waals surface area contributed by atoms with E-state index in [2.05, 4.69) is 20.4 Å². The summed E-state index contributed by atoms with van der Waals surface area (Å²) in [5, 5.41) is 7.76. The van der Waals surface area contributed by atoms with Gasteiger partial charge in [-0.2, -0.15) is 4.98 Å². The third kappa shape index (κ3) is 2.97. The van der Waals surface area contributed by atoms with Crippen LogP contribution in [0.5, 0.6) is 0 Å². The minimum Gasteiger partial charge on any atom is -0.323 e. The third-order valence-electron chi connectivity index (χ3n) is 3.86. The van der Waals surface area contributed by atoms with E-state index in [0.29, 0.717) is 11.5 Å². The first-order valence-electron chi connectivity index (χ1n) is 7.84. The summed E-state index contributed by atoms with van der Waals surface area (Å²) in [5.74, 6) is 0.516. The number of anilines is 2. The summed E-state index contributed by atoms with van der Waals surface area (Å²) in [6, 6.07) is 17.0. The van der Waals surface area contributed by atoms with Crippen LogP contribution in [-0.4, -0.2) is 25.9 Å². The molecule has 25 heavy (non-hydrogen) atoms. The molecule has 0 unspecified atom stereocenters. The lowest BCUT2D eigenvalue weighted by molar-refractivity contribution is 0.112. The van der Waals surface area contributed by atoms with Gasteiger partial charge in [0.1, 0.15) is 6.29 Å². The van der Waals surface area contributed by atoms with Gasteiger partial charge in [-0.15, -0.1) is 5.10 Å². The van der Waals surface area contributed by atoms with Crippen LogP contribution in [0.4, 0.5) is 11.6 Å². The quantitative estimate of drug-likeness (QED) is 0.579. The van der Waals surface area contributed by atoms with E-state index in [1.807, 2.05) is 49.4 Å². The monoisotopic (exact) mass is 329 g/mol. The number of hydrogen-bond donors (Lipinski definition) is 1. The van der Waals surface area contributed by atoms with Gasteiger partial charge in [0.15, 0.2) is 5.65 Å². The molecule has 0 radical (unpaired) electrons. The molecule has 0 aliphatic rings. The summed E-state index contributed by atoms with van der Waals surface area (Å²) < 4.78 is 1.78. The van der Waals surface area contributed by atoms with Crippen LogP contribution >= 0.6 is 0 Å². The van der Waals surface area contributed by atoms with E-state index in [-0.39, 0.29) is 0 Å². The van der Waals surface area contributed by atoms with E-state index in [1.165, 1.54) is 0 Å². The first-order valence-corrected chi connectivity index (χ1v) is 7.84. The summed E-state index contributed by atoms with van der Waals surface area (Å²) in [4.78, 5) is 19.5. The van der Waals surface area contributed by atoms with Crippen LogP contribution in [0.2, 0.25) is 0 Å². The highest BCUT2D eigenvalue weighted by molar-refractivity contribution is 5.76. The normalized spacial score (nSPS) is 10.8. The molecule has 0 amide bonds. The van der Waals surface area contributed by atoms with Crippen molar-refractivity contribution in [2.24, 2.45) is 0 Å². The predicted molar refractivity (Wildman–Crippen MR) is 96.1 cm³/mol. The van der Waals surface area contributed by atoms with Crippen molar-refractivity contribution in [3.8, 4) is 11.3 Å². The second-order valence-electron chi connectivity index (χ2n) is 5.67. The highest BCUT2D eigenvalue weighted by Gasteiger charge is 2.09. The van der Waals surface area contributed by atoms with Crippen molar-refractivity contribution >= 4 is 23.6 Å². The van der Waals surface area contributed by atoms with Crippen molar-refractivity contribution in [2.45, 2.75) is 6.92 Å². The van der Waals surface area contributed by atoms with Gasteiger partial charge in [0.25, 0.3) is 0 Å². The maximum Gasteiger partial charge on any atom is 0.247 e. The molecule has 4 rings (SSSR count). The predicted octanol–water partition coefficient (Wildman–Crippen LogP) is 3.66. The number of rotatable bonds is 4. The third-order valence-corrected chi connectivity index (χ3v) is 3.86. The molecule has 0 spiro atoms. The number of aromatic nitrogens is 4. The summed E-state index contributed by atoms with van der Waals surface area (Å²) >= 11 is 0. The second kappa shape index (κ2) is 6.16. The highest BCUT2D eigenvalue weighted by Crippen LogP contribution is 2.22. The molecule has 122 valence electrons. The van der Waals surface area contributed by atoms with Gasteiger partial charge in [0.05, 0.1) is 5.69 Å². The Hall–Kier alpha value is -3.54. The van der Waals surface area contributed by atoms with Crippen molar-refractivity contribution < 1.29 is 4.79 Å². The molecule has 6 nitrogen and oxygen atoms in total. The van der Waals surface area contributed by atoms with Crippen LogP contribution in [0, 0.1) is 6.92 Å². The number of nitrogens with zero attached hydrogens (tertiary/aromatic N) is 4. The molecule has 0 aliphatic carbocycles. The molecule has 3 heterocycles. The van der Waals surface area contributed by atoms with E-state index >= 15 is 0 Å². The van der Waals surface area contributed by atoms with Gasteiger partial charge in [0, 0.05) is 28.7 Å². The fraction of sp³-hybridized carbons (Fsp3) is 0.0526. The maximum atomic E-state index is 10.8. The zero-order valence-corrected chi connectivity index (χ0v) is 13.5. The topological polar surface area (TPSA) is 72.2 Å². The molecule has 3 aromatic heterocycles. The summed E-state index contributed by atoms with van der Waals surface area (Å²) in [5.41, 5.74) is 5.06. The second-order valence-corrected chi connectivity index (χ2v) is 5.67. The molecule has 4 aromatic rings. The lowest BCUT2D eigenvalue weighted by Gasteiger charge is -2.04. The molecular weight excluding hydrogens is 314 g/mol. The van der Waals surface area contributed by atoms with Crippen LogP contribution in [0.15, 0.2) is 60.8 Å². The number of benzene rings is 1. The number of nitrogens with one attached hydrogen (secondary N) is 1. The lowest BCUT2D eigenvalue weighted by atomic mass is 10.1. The van der Waals surface area contributed by atoms with Crippen LogP contribution in [-0.2, 0) is 0 Å². The molecule has 0 fully saturated rings. The first-order chi connectivity index (χ1) is 12.2. The SMILES string of the molecule is Cc1cc(Nc2nc3cccc(-c4ccc(C=O)cc4)n3n2)ccn1. The Kier molecular flexibility index (Phi) is 3.70. The Morgan fingerprint density at radius 3 is 2.68 bits per heavy atom. The summed E-state index contributed by atoms with van der Waals surface area (Å²) in [6.07, 6.45) is 2.58. The van der Waals surface area contributed by atoms with E-state index < -0.39 is 0 Å². The number of hydrogen-bond acceptors (Lipinski definition) is 5. The van der Waals surface area contributed by atoms with E-state index in [4.69, 9.17) is 0 Å². The Morgan fingerprint density at radius 2 is 1.92 bits per heavy atom. The molecule has 0 bridgehead atoms. The largest absolute Gasteiger partial charge is 0.323 e. The minimum atomic E-state index is 0.516. The van der Waals surface area contributed by atoms with E-state index in [9.17, 15) is 4.79 Å². The van der Waals surface area contributed by atoms with Crippen molar-refractivity contribution in [1.82, 2.24) is 19.6 Å². The van der Waals surface area contributed by atoms with Gasteiger partial charge < -0.3 is 5.32 Å². The maximum absolute atomic E-state index is 10.8. The van der Waals surface area contributed by atoms with Crippen LogP contribution < -0.4 is 5.32 Å². The average molecular weight is 329 g/mol. The summed E-state index contributed by atoms with van der Waals surface area (Å²) in [7, 11) is 0. The Labute approximate surface area is 144 Å². The molecule has 0 saturated carbocycles. The molecule has 0 saturated heterocycles. The zero-order chi connectivity index (χ0) is 17.2. The molecule has 1 N–H and O–H groups in total. The Bertz CT molecular complexity index is 1050. The smallest absolute Gasteiger partial charge is 0.247 e. The fourth-order valence-electron chi connectivity index (χ4n) is 2.66. The van der Waals surface area contributed by atoms with Crippen molar-refractivity contribution in [3.05, 3.63) is 72.1 Å². The Balaban J connectivity index is 1.74. The van der Waals surface area contributed by atoms with Crippen molar-refractivity contribution in [1.29, 1.82) is 0 Å². The van der Waals surface area contributed by atoms with Gasteiger partial charge >= 0.3 is 0 Å². The average Bonchev–Trinajstić information content (AvgIpc) is 3.04. The molecule has 6 heteroatoms. The molecule has 1 aromatic carbocycles. The van der Waals surface area contributed by atoms with Crippen molar-refractivity contribution in [2.75, 3.05) is 5.32 Å². The number of aldehydes is 1. The number of aryl methyl sites for hydroxylation is 1. The van der Waals surface area contributed by atoms with Gasteiger partial charge in [-0.3, -0.25) is 9.78 Å². The fourth-order valence-corrected chi connectivity index (χ4v) is 2.66. The number of carbonyl (C=O) groups is 1. The number of carbonyl (C=O) groups excluding carboxylic acids is 1. The van der Waals surface area contributed by atoms with Gasteiger partial charge in [-0.05, 0) is 31.2 Å². The Morgan fingerprint density at radius 1 is 1.08 bits per heavy atom. The first kappa shape index (κ1) is 15.0. The van der Waals surface area contributed by atoms with Crippen LogP contribution in [0.3, 0.4) is 0 Å². The van der Waals surface area contributed by atoms with Crippen LogP contribution in [0.1, 0.15) is 16.1 Å². The van der Waals surface area contributed by atoms with Gasteiger partial charge in [-0.25, -0.2) is 4.52 Å². The number of fused-ring (bicyclic) bond motifs is 1. The summed E-state index contributed by atoms with van der Waals surface area (Å²) in [6.45, 7) is 1.93. The molecule has 0 atom stereocenters. The van der Waals surface area contributed by atoms with Crippen molar-refractivity contribution in [3.63, 3.8) is 0 Å². The van der Waals surface area contributed by atoms with Gasteiger partial charge in [0.2, 0.25) is 5.95 Å². The minimum absolute atomic E-state index is 0.516. The van der Waals surface area contributed by atoms with E-state index in [1.54, 1.807) is 22.8 Å².